The minimum absolute atomic E-state index is 0.146. The summed E-state index contributed by atoms with van der Waals surface area (Å²) in [7, 11) is 0. The molecule has 1 radical (unpaired) electrons. The molecule has 0 bridgehead atoms. The van der Waals surface area contributed by atoms with Crippen molar-refractivity contribution in [2.45, 2.75) is 6.18 Å². The molecule has 0 aromatic rings. The van der Waals surface area contributed by atoms with Crippen LogP contribution in [0.25, 0.3) is 0 Å². The second-order valence-electron chi connectivity index (χ2n) is 0.600. The predicted molar refractivity (Wildman–Crippen MR) is 11.7 cm³/mol. The van der Waals surface area contributed by atoms with E-state index in [0.29, 0.717) is 0 Å². The second kappa shape index (κ2) is 1.28. The summed E-state index contributed by atoms with van der Waals surface area (Å²) in [5.74, 6) is 0. The third kappa shape index (κ3) is 3.46. The SMILES string of the molecule is O=[C]C(F)(F)F. The Morgan fingerprint density at radius 1 is 1.33 bits per heavy atom. The number of alkyl halides is 3. The highest BCUT2D eigenvalue weighted by Crippen LogP contribution is 2.08. The van der Waals surface area contributed by atoms with Gasteiger partial charge in [0.2, 0.25) is 0 Å². The van der Waals surface area contributed by atoms with Gasteiger partial charge in [0.15, 0.2) is 0 Å². The van der Waals surface area contributed by atoms with Crippen LogP contribution in [0.1, 0.15) is 0 Å². The summed E-state index contributed by atoms with van der Waals surface area (Å²) < 4.78 is 31.1. The average molecular weight is 97.0 g/mol. The van der Waals surface area contributed by atoms with E-state index in [2.05, 4.69) is 0 Å². The van der Waals surface area contributed by atoms with Crippen molar-refractivity contribution in [3.63, 3.8) is 0 Å². The maximum absolute atomic E-state index is 10.4. The summed E-state index contributed by atoms with van der Waals surface area (Å²) in [6.07, 6.45) is -4.91. The van der Waals surface area contributed by atoms with Crippen LogP contribution in [0.2, 0.25) is 0 Å². The molecule has 0 aliphatic heterocycles. The molecule has 0 saturated carbocycles. The molecule has 0 rings (SSSR count). The molecule has 0 atom stereocenters. The lowest BCUT2D eigenvalue weighted by molar-refractivity contribution is -0.0600. The largest absolute Gasteiger partial charge is 0.458 e. The summed E-state index contributed by atoms with van der Waals surface area (Å²) in [5.41, 5.74) is 0. The van der Waals surface area contributed by atoms with Gasteiger partial charge in [-0.2, -0.15) is 13.2 Å². The van der Waals surface area contributed by atoms with Crippen LogP contribution in [0.15, 0.2) is 0 Å². The highest BCUT2D eigenvalue weighted by Gasteiger charge is 2.27. The van der Waals surface area contributed by atoms with Gasteiger partial charge in [-0.05, 0) is 0 Å². The smallest absolute Gasteiger partial charge is 0.280 e. The van der Waals surface area contributed by atoms with Crippen molar-refractivity contribution in [2.75, 3.05) is 0 Å². The van der Waals surface area contributed by atoms with Gasteiger partial charge in [0.05, 0.1) is 0 Å². The van der Waals surface area contributed by atoms with Gasteiger partial charge in [-0.1, -0.05) is 0 Å². The van der Waals surface area contributed by atoms with Crippen LogP contribution in [0.5, 0.6) is 0 Å². The first kappa shape index (κ1) is 5.46. The molecule has 0 spiro atoms. The molecule has 35 valence electrons. The summed E-state index contributed by atoms with van der Waals surface area (Å²) in [6.45, 7) is 0. The normalized spacial score (nSPS) is 11.2. The Kier molecular flexibility index (Phi) is 1.16. The van der Waals surface area contributed by atoms with E-state index in [-0.39, 0.29) is 6.29 Å². The fourth-order valence-electron chi connectivity index (χ4n) is 0. The Bertz CT molecular complexity index is 54.3. The van der Waals surface area contributed by atoms with Crippen molar-refractivity contribution in [3.05, 3.63) is 0 Å². The van der Waals surface area contributed by atoms with E-state index in [1.165, 1.54) is 0 Å². The molecule has 4 heteroatoms. The van der Waals surface area contributed by atoms with Gasteiger partial charge in [-0.15, -0.1) is 0 Å². The molecule has 0 N–H and O–H groups in total. The van der Waals surface area contributed by atoms with Gasteiger partial charge < -0.3 is 0 Å². The van der Waals surface area contributed by atoms with E-state index in [4.69, 9.17) is 4.79 Å². The number of hydrogen-bond acceptors (Lipinski definition) is 1. The molecular formula is C2F3O. The van der Waals surface area contributed by atoms with Crippen LogP contribution in [0, 0.1) is 0 Å². The molecule has 0 aliphatic rings. The zero-order valence-electron chi connectivity index (χ0n) is 2.54. The van der Waals surface area contributed by atoms with E-state index in [1.807, 2.05) is 0 Å². The quantitative estimate of drug-likeness (QED) is 0.434. The Labute approximate surface area is 31.8 Å². The molecule has 0 aromatic heterocycles. The summed E-state index contributed by atoms with van der Waals surface area (Å²) >= 11 is 0. The average Bonchev–Trinajstić information content (AvgIpc) is 1.35. The number of hydrogen-bond donors (Lipinski definition) is 0. The Morgan fingerprint density at radius 2 is 1.50 bits per heavy atom. The topological polar surface area (TPSA) is 17.1 Å². The number of rotatable bonds is 0. The van der Waals surface area contributed by atoms with Crippen LogP contribution >= 0.6 is 0 Å². The predicted octanol–water partition coefficient (Wildman–Crippen LogP) is 0.658. The number of halogens is 3. The maximum Gasteiger partial charge on any atom is 0.458 e. The summed E-state index contributed by atoms with van der Waals surface area (Å²) in [5, 5.41) is 0. The Hall–Kier alpha value is -0.540. The van der Waals surface area contributed by atoms with Gasteiger partial charge in [-0.25, -0.2) is 0 Å². The van der Waals surface area contributed by atoms with Crippen molar-refractivity contribution in [1.82, 2.24) is 0 Å². The second-order valence-corrected chi connectivity index (χ2v) is 0.600. The van der Waals surface area contributed by atoms with Crippen LogP contribution in [0.3, 0.4) is 0 Å². The number of carbonyl (C=O) groups excluding carboxylic acids is 1. The highest BCUT2D eigenvalue weighted by atomic mass is 19.4. The van der Waals surface area contributed by atoms with E-state index < -0.39 is 6.18 Å². The first-order valence-electron chi connectivity index (χ1n) is 1.02. The third-order valence-corrected chi connectivity index (χ3v) is 0.116. The maximum atomic E-state index is 10.4. The fourth-order valence-corrected chi connectivity index (χ4v) is 0. The molecule has 1 nitrogen and oxygen atoms in total. The van der Waals surface area contributed by atoms with Crippen LogP contribution in [-0.2, 0) is 4.79 Å². The zero-order chi connectivity index (χ0) is 5.21. The Balaban J connectivity index is 3.45. The van der Waals surface area contributed by atoms with Gasteiger partial charge >= 0.3 is 12.5 Å². The van der Waals surface area contributed by atoms with Crippen molar-refractivity contribution in [2.24, 2.45) is 0 Å². The minimum Gasteiger partial charge on any atom is -0.280 e. The molecule has 0 fully saturated rings. The van der Waals surface area contributed by atoms with Gasteiger partial charge in [-0.3, -0.25) is 4.79 Å². The van der Waals surface area contributed by atoms with Gasteiger partial charge in [0.1, 0.15) is 0 Å². The molecule has 0 amide bonds. The van der Waals surface area contributed by atoms with Crippen molar-refractivity contribution >= 4 is 6.29 Å². The van der Waals surface area contributed by atoms with Crippen molar-refractivity contribution < 1.29 is 18.0 Å². The van der Waals surface area contributed by atoms with Crippen molar-refractivity contribution in [1.29, 1.82) is 0 Å². The molecular weight excluding hydrogens is 97.0 g/mol. The third-order valence-electron chi connectivity index (χ3n) is 0.116. The van der Waals surface area contributed by atoms with E-state index >= 15 is 0 Å². The fraction of sp³-hybridized carbons (Fsp3) is 0.500. The summed E-state index contributed by atoms with van der Waals surface area (Å²) in [4.78, 5) is 8.58. The summed E-state index contributed by atoms with van der Waals surface area (Å²) in [6, 6.07) is 0. The first-order chi connectivity index (χ1) is 2.56. The highest BCUT2D eigenvalue weighted by molar-refractivity contribution is 5.57. The van der Waals surface area contributed by atoms with Crippen LogP contribution in [0.4, 0.5) is 13.2 Å². The van der Waals surface area contributed by atoms with Crippen molar-refractivity contribution in [3.8, 4) is 0 Å². The molecule has 0 aliphatic carbocycles. The molecule has 0 aromatic carbocycles. The molecule has 6 heavy (non-hydrogen) atoms. The lowest BCUT2D eigenvalue weighted by Crippen LogP contribution is -2.06. The minimum atomic E-state index is -4.76. The van der Waals surface area contributed by atoms with E-state index in [1.54, 1.807) is 0 Å². The van der Waals surface area contributed by atoms with Gasteiger partial charge in [0.25, 0.3) is 0 Å². The van der Waals surface area contributed by atoms with Crippen LogP contribution < -0.4 is 0 Å². The Morgan fingerprint density at radius 3 is 1.50 bits per heavy atom. The lowest BCUT2D eigenvalue weighted by atomic mass is 10.8. The van der Waals surface area contributed by atoms with E-state index in [0.717, 1.165) is 0 Å². The van der Waals surface area contributed by atoms with E-state index in [9.17, 15) is 13.2 Å². The first-order valence-corrected chi connectivity index (χ1v) is 1.02. The molecule has 0 unspecified atom stereocenters. The lowest BCUT2D eigenvalue weighted by Gasteiger charge is -1.85. The van der Waals surface area contributed by atoms with Gasteiger partial charge in [0, 0.05) is 0 Å². The molecule has 0 saturated heterocycles. The van der Waals surface area contributed by atoms with Crippen LogP contribution in [-0.4, -0.2) is 12.5 Å². The molecule has 0 heterocycles. The standard InChI is InChI=1S/C2F3O/c3-2(4,5)1-6. The monoisotopic (exact) mass is 97.0 g/mol. The zero-order valence-corrected chi connectivity index (χ0v) is 2.54.